The number of hydrogen-bond donors (Lipinski definition) is 0. The summed E-state index contributed by atoms with van der Waals surface area (Å²) in [5, 5.41) is 0. The van der Waals surface area contributed by atoms with E-state index in [0.717, 1.165) is 37.3 Å². The van der Waals surface area contributed by atoms with Gasteiger partial charge in [-0.1, -0.05) is 20.8 Å². The molecule has 0 aliphatic carbocycles. The Balaban J connectivity index is 2.57. The maximum absolute atomic E-state index is 12.5. The number of nitrogens with zero attached hydrogens (tertiary/aromatic N) is 2. The van der Waals surface area contributed by atoms with Crippen LogP contribution in [0.5, 0.6) is 0 Å². The summed E-state index contributed by atoms with van der Waals surface area (Å²) in [4.78, 5) is 26.6. The summed E-state index contributed by atoms with van der Waals surface area (Å²) in [6, 6.07) is 1.82. The predicted octanol–water partition coefficient (Wildman–Crippen LogP) is 2.08. The molecule has 0 saturated heterocycles. The number of hydrogen-bond acceptors (Lipinski definition) is 3. The van der Waals surface area contributed by atoms with Crippen molar-refractivity contribution < 1.29 is 4.79 Å². The Morgan fingerprint density at radius 1 is 1.40 bits per heavy atom. The molecule has 1 aliphatic rings. The van der Waals surface area contributed by atoms with Gasteiger partial charge in [-0.25, -0.2) is 0 Å². The third-order valence-corrected chi connectivity index (χ3v) is 3.92. The van der Waals surface area contributed by atoms with Crippen molar-refractivity contribution in [2.75, 3.05) is 13.1 Å². The second-order valence-electron chi connectivity index (χ2n) is 6.01. The first kappa shape index (κ1) is 15.0. The highest BCUT2D eigenvalue weighted by Gasteiger charge is 2.22. The number of pyridine rings is 1. The number of likely N-dealkylation sites (N-methyl/N-ethyl adjacent to an activating group) is 1. The maximum Gasteiger partial charge on any atom is 0.261 e. The zero-order valence-corrected chi connectivity index (χ0v) is 12.9. The maximum atomic E-state index is 12.5. The molecular weight excluding hydrogens is 252 g/mol. The van der Waals surface area contributed by atoms with E-state index in [2.05, 4.69) is 25.7 Å². The fourth-order valence-corrected chi connectivity index (χ4v) is 2.86. The summed E-state index contributed by atoms with van der Waals surface area (Å²) in [7, 11) is 0. The third kappa shape index (κ3) is 2.85. The summed E-state index contributed by atoms with van der Waals surface area (Å²) in [6.45, 7) is 11.3. The minimum absolute atomic E-state index is 0.116. The first-order valence-electron chi connectivity index (χ1n) is 7.42. The molecule has 2 rings (SSSR count). The Hall–Kier alpha value is -1.42. The van der Waals surface area contributed by atoms with Crippen LogP contribution in [0.2, 0.25) is 0 Å². The molecule has 0 amide bonds. The van der Waals surface area contributed by atoms with Crippen LogP contribution in [0.3, 0.4) is 0 Å². The molecule has 0 N–H and O–H groups in total. The molecule has 0 saturated carbocycles. The van der Waals surface area contributed by atoms with Crippen LogP contribution < -0.4 is 5.56 Å². The molecule has 0 bridgehead atoms. The molecular formula is C16H24N2O2. The number of rotatable bonds is 4. The molecule has 0 radical (unpaired) electrons. The number of aromatic nitrogens is 1. The summed E-state index contributed by atoms with van der Waals surface area (Å²) in [6.07, 6.45) is 0.892. The predicted molar refractivity (Wildman–Crippen MR) is 80.2 cm³/mol. The largest absolute Gasteiger partial charge is 0.311 e. The zero-order chi connectivity index (χ0) is 14.9. The Morgan fingerprint density at radius 2 is 2.10 bits per heavy atom. The summed E-state index contributed by atoms with van der Waals surface area (Å²) >= 11 is 0. The topological polar surface area (TPSA) is 42.3 Å². The molecule has 0 aromatic carbocycles. The van der Waals surface area contributed by atoms with E-state index in [1.54, 1.807) is 0 Å². The highest BCUT2D eigenvalue weighted by atomic mass is 16.1. The lowest BCUT2D eigenvalue weighted by Gasteiger charge is -2.30. The van der Waals surface area contributed by atoms with Gasteiger partial charge in [0.1, 0.15) is 0 Å². The zero-order valence-electron chi connectivity index (χ0n) is 12.9. The van der Waals surface area contributed by atoms with E-state index in [-0.39, 0.29) is 11.3 Å². The van der Waals surface area contributed by atoms with Crippen LogP contribution in [0.25, 0.3) is 0 Å². The molecule has 1 aliphatic heterocycles. The van der Waals surface area contributed by atoms with Crippen LogP contribution in [0.4, 0.5) is 0 Å². The van der Waals surface area contributed by atoms with E-state index in [9.17, 15) is 9.59 Å². The van der Waals surface area contributed by atoms with Gasteiger partial charge in [0.15, 0.2) is 5.78 Å². The Bertz CT molecular complexity index is 573. The molecule has 2 heterocycles. The highest BCUT2D eigenvalue weighted by molar-refractivity contribution is 5.93. The molecule has 20 heavy (non-hydrogen) atoms. The Labute approximate surface area is 120 Å². The van der Waals surface area contributed by atoms with Gasteiger partial charge in [0, 0.05) is 31.7 Å². The smallest absolute Gasteiger partial charge is 0.261 e. The van der Waals surface area contributed by atoms with Gasteiger partial charge >= 0.3 is 0 Å². The number of carbonyl (C=O) groups excluding carboxylic acids is 1. The second-order valence-corrected chi connectivity index (χ2v) is 6.01. The van der Waals surface area contributed by atoms with Crippen LogP contribution in [-0.4, -0.2) is 28.3 Å². The van der Waals surface area contributed by atoms with Crippen molar-refractivity contribution >= 4 is 5.78 Å². The summed E-state index contributed by atoms with van der Waals surface area (Å²) in [5.41, 5.74) is 2.49. The standard InChI is InChI=1S/C16H24N2O2/c1-5-17-7-6-15-13(10-17)8-14(12(4)19)16(20)18(15)9-11(2)3/h8,11H,5-7,9-10H2,1-4H3. The van der Waals surface area contributed by atoms with Crippen LogP contribution >= 0.6 is 0 Å². The second kappa shape index (κ2) is 5.92. The van der Waals surface area contributed by atoms with Gasteiger partial charge < -0.3 is 4.57 Å². The van der Waals surface area contributed by atoms with Crippen LogP contribution in [0.15, 0.2) is 10.9 Å². The number of ketones is 1. The van der Waals surface area contributed by atoms with Crippen LogP contribution in [0, 0.1) is 5.92 Å². The van der Waals surface area contributed by atoms with Gasteiger partial charge in [-0.05, 0) is 31.0 Å². The van der Waals surface area contributed by atoms with E-state index < -0.39 is 0 Å². The van der Waals surface area contributed by atoms with Gasteiger partial charge in [-0.15, -0.1) is 0 Å². The van der Waals surface area contributed by atoms with Crippen molar-refractivity contribution in [2.24, 2.45) is 5.92 Å². The number of carbonyl (C=O) groups is 1. The molecule has 4 heteroatoms. The molecule has 1 aromatic rings. The first-order chi connectivity index (χ1) is 9.43. The average molecular weight is 276 g/mol. The van der Waals surface area contributed by atoms with E-state index in [1.807, 2.05) is 10.6 Å². The first-order valence-corrected chi connectivity index (χ1v) is 7.42. The van der Waals surface area contributed by atoms with Gasteiger partial charge in [-0.3, -0.25) is 14.5 Å². The molecule has 0 spiro atoms. The lowest BCUT2D eigenvalue weighted by atomic mass is 10.0. The monoisotopic (exact) mass is 276 g/mol. The molecule has 0 unspecified atom stereocenters. The molecule has 0 atom stereocenters. The SMILES string of the molecule is CCN1CCc2c(cc(C(C)=O)c(=O)n2CC(C)C)C1. The fourth-order valence-electron chi connectivity index (χ4n) is 2.86. The number of Topliss-reactive ketones (excluding diaryl/α,β-unsaturated/α-hetero) is 1. The molecule has 1 aromatic heterocycles. The lowest BCUT2D eigenvalue weighted by molar-refractivity contribution is 0.101. The van der Waals surface area contributed by atoms with E-state index in [1.165, 1.54) is 6.92 Å². The lowest BCUT2D eigenvalue weighted by Crippen LogP contribution is -2.38. The van der Waals surface area contributed by atoms with Crippen molar-refractivity contribution in [1.82, 2.24) is 9.47 Å². The van der Waals surface area contributed by atoms with Gasteiger partial charge in [-0.2, -0.15) is 0 Å². The fraction of sp³-hybridized carbons (Fsp3) is 0.625. The average Bonchev–Trinajstić information content (AvgIpc) is 2.40. The normalized spacial score (nSPS) is 15.4. The summed E-state index contributed by atoms with van der Waals surface area (Å²) in [5.74, 6) is 0.257. The van der Waals surface area contributed by atoms with Crippen molar-refractivity contribution in [3.05, 3.63) is 33.2 Å². The number of fused-ring (bicyclic) bond motifs is 1. The molecule has 110 valence electrons. The van der Waals surface area contributed by atoms with Crippen molar-refractivity contribution in [2.45, 2.75) is 47.2 Å². The van der Waals surface area contributed by atoms with Crippen LogP contribution in [-0.2, 0) is 19.5 Å². The van der Waals surface area contributed by atoms with E-state index in [4.69, 9.17) is 0 Å². The summed E-state index contributed by atoms with van der Waals surface area (Å²) < 4.78 is 1.84. The van der Waals surface area contributed by atoms with Gasteiger partial charge in [0.25, 0.3) is 5.56 Å². The van der Waals surface area contributed by atoms with Crippen molar-refractivity contribution in [3.63, 3.8) is 0 Å². The van der Waals surface area contributed by atoms with E-state index in [0.29, 0.717) is 18.0 Å². The quantitative estimate of drug-likeness (QED) is 0.791. The Kier molecular flexibility index (Phi) is 4.43. The van der Waals surface area contributed by atoms with Gasteiger partial charge in [0.05, 0.1) is 5.56 Å². The third-order valence-electron chi connectivity index (χ3n) is 3.92. The van der Waals surface area contributed by atoms with Gasteiger partial charge in [0.2, 0.25) is 0 Å². The van der Waals surface area contributed by atoms with Crippen LogP contribution in [0.1, 0.15) is 49.3 Å². The minimum atomic E-state index is -0.135. The Morgan fingerprint density at radius 3 is 2.65 bits per heavy atom. The van der Waals surface area contributed by atoms with E-state index >= 15 is 0 Å². The highest BCUT2D eigenvalue weighted by Crippen LogP contribution is 2.19. The van der Waals surface area contributed by atoms with Crippen molar-refractivity contribution in [1.29, 1.82) is 0 Å². The minimum Gasteiger partial charge on any atom is -0.311 e. The van der Waals surface area contributed by atoms with Crippen molar-refractivity contribution in [3.8, 4) is 0 Å². The molecule has 0 fully saturated rings. The molecule has 4 nitrogen and oxygen atoms in total.